The van der Waals surface area contributed by atoms with E-state index in [1.165, 1.54) is 17.7 Å². The van der Waals surface area contributed by atoms with Crippen molar-refractivity contribution in [3.63, 3.8) is 0 Å². The Kier molecular flexibility index (Phi) is 5.70. The second-order valence-electron chi connectivity index (χ2n) is 7.51. The highest BCUT2D eigenvalue weighted by Gasteiger charge is 2.24. The molecule has 1 amide bonds. The molecular weight excluding hydrogens is 350 g/mol. The number of anilines is 2. The standard InChI is InChI=1S/C23H29N3O2/c1-28-22-11-5-4-10-21(22)25-15-17-26(18-16-25)23(27)12-14-24-13-6-8-19-7-2-3-9-20(19)24/h2-5,7,9-11H,6,8,12-18H2,1H3. The van der Waals surface area contributed by atoms with Crippen LogP contribution >= 0.6 is 0 Å². The summed E-state index contributed by atoms with van der Waals surface area (Å²) in [5.74, 6) is 1.16. The molecule has 0 saturated carbocycles. The van der Waals surface area contributed by atoms with Crippen molar-refractivity contribution in [1.29, 1.82) is 0 Å². The SMILES string of the molecule is COc1ccccc1N1CCN(C(=O)CCN2CCCc3ccccc32)CC1. The number of ether oxygens (including phenoxy) is 1. The third-order valence-corrected chi connectivity index (χ3v) is 5.86. The van der Waals surface area contributed by atoms with Gasteiger partial charge in [-0.05, 0) is 36.6 Å². The molecule has 5 heteroatoms. The number of benzene rings is 2. The molecular formula is C23H29N3O2. The minimum absolute atomic E-state index is 0.266. The number of methoxy groups -OCH3 is 1. The van der Waals surface area contributed by atoms with Gasteiger partial charge in [0.15, 0.2) is 0 Å². The van der Waals surface area contributed by atoms with Crippen molar-refractivity contribution in [3.8, 4) is 5.75 Å². The summed E-state index contributed by atoms with van der Waals surface area (Å²) in [5.41, 5.74) is 3.83. The first-order valence-electron chi connectivity index (χ1n) is 10.2. The maximum Gasteiger partial charge on any atom is 0.224 e. The smallest absolute Gasteiger partial charge is 0.224 e. The zero-order chi connectivity index (χ0) is 19.3. The molecule has 5 nitrogen and oxygen atoms in total. The number of hydrogen-bond donors (Lipinski definition) is 0. The van der Waals surface area contributed by atoms with Crippen LogP contribution in [0.25, 0.3) is 0 Å². The van der Waals surface area contributed by atoms with Gasteiger partial charge in [0.05, 0.1) is 12.8 Å². The largest absolute Gasteiger partial charge is 0.495 e. The molecule has 0 unspecified atom stereocenters. The van der Waals surface area contributed by atoms with E-state index < -0.39 is 0 Å². The van der Waals surface area contributed by atoms with Crippen molar-refractivity contribution < 1.29 is 9.53 Å². The van der Waals surface area contributed by atoms with Crippen LogP contribution in [0.2, 0.25) is 0 Å². The van der Waals surface area contributed by atoms with Gasteiger partial charge in [0, 0.05) is 51.4 Å². The molecule has 0 N–H and O–H groups in total. The van der Waals surface area contributed by atoms with Gasteiger partial charge in [-0.1, -0.05) is 30.3 Å². The van der Waals surface area contributed by atoms with Gasteiger partial charge in [-0.2, -0.15) is 0 Å². The third-order valence-electron chi connectivity index (χ3n) is 5.86. The van der Waals surface area contributed by atoms with Crippen LogP contribution in [0.4, 0.5) is 11.4 Å². The fraction of sp³-hybridized carbons (Fsp3) is 0.435. The van der Waals surface area contributed by atoms with E-state index in [0.29, 0.717) is 6.42 Å². The lowest BCUT2D eigenvalue weighted by Gasteiger charge is -2.37. The first-order valence-corrected chi connectivity index (χ1v) is 10.2. The Morgan fingerprint density at radius 3 is 2.43 bits per heavy atom. The summed E-state index contributed by atoms with van der Waals surface area (Å²) in [6.45, 7) is 5.09. The molecule has 0 spiro atoms. The van der Waals surface area contributed by atoms with Crippen LogP contribution in [0.5, 0.6) is 5.75 Å². The van der Waals surface area contributed by atoms with E-state index >= 15 is 0 Å². The van der Waals surface area contributed by atoms with Crippen molar-refractivity contribution in [1.82, 2.24) is 4.90 Å². The summed E-state index contributed by atoms with van der Waals surface area (Å²) in [7, 11) is 1.71. The molecule has 2 aromatic carbocycles. The van der Waals surface area contributed by atoms with Gasteiger partial charge in [-0.25, -0.2) is 0 Å². The molecule has 0 aromatic heterocycles. The van der Waals surface area contributed by atoms with E-state index in [9.17, 15) is 4.79 Å². The van der Waals surface area contributed by atoms with Crippen LogP contribution in [-0.4, -0.2) is 57.2 Å². The lowest BCUT2D eigenvalue weighted by molar-refractivity contribution is -0.131. The molecule has 4 rings (SSSR count). The lowest BCUT2D eigenvalue weighted by atomic mass is 10.0. The Morgan fingerprint density at radius 1 is 0.929 bits per heavy atom. The van der Waals surface area contributed by atoms with Crippen molar-refractivity contribution >= 4 is 17.3 Å². The Balaban J connectivity index is 1.30. The number of amides is 1. The highest BCUT2D eigenvalue weighted by Crippen LogP contribution is 2.29. The maximum atomic E-state index is 12.8. The number of para-hydroxylation sites is 3. The zero-order valence-electron chi connectivity index (χ0n) is 16.6. The number of piperazine rings is 1. The molecule has 2 aliphatic rings. The number of carbonyl (C=O) groups excluding carboxylic acids is 1. The van der Waals surface area contributed by atoms with Crippen molar-refractivity contribution in [3.05, 3.63) is 54.1 Å². The quantitative estimate of drug-likeness (QED) is 0.799. The van der Waals surface area contributed by atoms with Gasteiger partial charge >= 0.3 is 0 Å². The Morgan fingerprint density at radius 2 is 1.64 bits per heavy atom. The number of fused-ring (bicyclic) bond motifs is 1. The molecule has 2 aromatic rings. The first kappa shape index (κ1) is 18.7. The lowest BCUT2D eigenvalue weighted by Crippen LogP contribution is -2.49. The Hall–Kier alpha value is -2.69. The van der Waals surface area contributed by atoms with Crippen LogP contribution in [0.1, 0.15) is 18.4 Å². The predicted molar refractivity (Wildman–Crippen MR) is 113 cm³/mol. The topological polar surface area (TPSA) is 36.0 Å². The second kappa shape index (κ2) is 8.55. The minimum atomic E-state index is 0.266. The summed E-state index contributed by atoms with van der Waals surface area (Å²) >= 11 is 0. The molecule has 0 radical (unpaired) electrons. The number of carbonyl (C=O) groups is 1. The molecule has 0 atom stereocenters. The van der Waals surface area contributed by atoms with E-state index in [2.05, 4.69) is 40.1 Å². The Bertz CT molecular complexity index is 815. The summed E-state index contributed by atoms with van der Waals surface area (Å²) in [6.07, 6.45) is 2.90. The van der Waals surface area contributed by atoms with Gasteiger partial charge in [0.2, 0.25) is 5.91 Å². The molecule has 28 heavy (non-hydrogen) atoms. The summed E-state index contributed by atoms with van der Waals surface area (Å²) in [4.78, 5) is 19.5. The molecule has 1 fully saturated rings. The number of aryl methyl sites for hydroxylation is 1. The highest BCUT2D eigenvalue weighted by molar-refractivity contribution is 5.77. The fourth-order valence-corrected chi connectivity index (χ4v) is 4.32. The van der Waals surface area contributed by atoms with Gasteiger partial charge in [0.25, 0.3) is 0 Å². The van der Waals surface area contributed by atoms with Crippen LogP contribution in [0, 0.1) is 0 Å². The average Bonchev–Trinajstić information content (AvgIpc) is 2.77. The summed E-state index contributed by atoms with van der Waals surface area (Å²) in [6, 6.07) is 16.7. The molecule has 1 saturated heterocycles. The second-order valence-corrected chi connectivity index (χ2v) is 7.51. The molecule has 148 valence electrons. The van der Waals surface area contributed by atoms with E-state index in [-0.39, 0.29) is 5.91 Å². The van der Waals surface area contributed by atoms with Crippen LogP contribution in [-0.2, 0) is 11.2 Å². The van der Waals surface area contributed by atoms with Gasteiger partial charge in [-0.3, -0.25) is 4.79 Å². The fourth-order valence-electron chi connectivity index (χ4n) is 4.32. The zero-order valence-corrected chi connectivity index (χ0v) is 16.6. The number of hydrogen-bond acceptors (Lipinski definition) is 4. The summed E-state index contributed by atoms with van der Waals surface area (Å²) < 4.78 is 5.48. The van der Waals surface area contributed by atoms with Gasteiger partial charge in [0.1, 0.15) is 5.75 Å². The molecule has 0 aliphatic carbocycles. The number of nitrogens with zero attached hydrogens (tertiary/aromatic N) is 3. The average molecular weight is 380 g/mol. The first-order chi connectivity index (χ1) is 13.8. The van der Waals surface area contributed by atoms with Gasteiger partial charge in [-0.15, -0.1) is 0 Å². The van der Waals surface area contributed by atoms with E-state index in [0.717, 1.165) is 57.1 Å². The normalized spacial score (nSPS) is 16.7. The van der Waals surface area contributed by atoms with Crippen LogP contribution < -0.4 is 14.5 Å². The van der Waals surface area contributed by atoms with E-state index in [4.69, 9.17) is 4.74 Å². The third kappa shape index (κ3) is 3.93. The predicted octanol–water partition coefficient (Wildman–Crippen LogP) is 3.19. The van der Waals surface area contributed by atoms with Crippen LogP contribution in [0.3, 0.4) is 0 Å². The molecule has 0 bridgehead atoms. The molecule has 2 heterocycles. The Labute approximate surface area is 167 Å². The van der Waals surface area contributed by atoms with E-state index in [1.807, 2.05) is 23.1 Å². The van der Waals surface area contributed by atoms with Gasteiger partial charge < -0.3 is 19.4 Å². The van der Waals surface area contributed by atoms with Crippen molar-refractivity contribution in [2.24, 2.45) is 0 Å². The molecule has 2 aliphatic heterocycles. The van der Waals surface area contributed by atoms with Crippen molar-refractivity contribution in [2.45, 2.75) is 19.3 Å². The van der Waals surface area contributed by atoms with E-state index in [1.54, 1.807) is 7.11 Å². The maximum absolute atomic E-state index is 12.8. The number of rotatable bonds is 5. The minimum Gasteiger partial charge on any atom is -0.495 e. The van der Waals surface area contributed by atoms with Crippen LogP contribution in [0.15, 0.2) is 48.5 Å². The van der Waals surface area contributed by atoms with Crippen molar-refractivity contribution in [2.75, 3.05) is 56.2 Å². The highest BCUT2D eigenvalue weighted by atomic mass is 16.5. The summed E-state index contributed by atoms with van der Waals surface area (Å²) in [5, 5.41) is 0. The monoisotopic (exact) mass is 379 g/mol.